The summed E-state index contributed by atoms with van der Waals surface area (Å²) < 4.78 is 0. The van der Waals surface area contributed by atoms with Gasteiger partial charge in [0, 0.05) is 18.4 Å². The van der Waals surface area contributed by atoms with Crippen molar-refractivity contribution in [3.63, 3.8) is 0 Å². The Balaban J connectivity index is 1.95. The second kappa shape index (κ2) is 4.78. The Hall–Kier alpha value is -1.68. The lowest BCUT2D eigenvalue weighted by atomic mass is 9.93. The number of hydrogen-bond donors (Lipinski definition) is 1. The Labute approximate surface area is 112 Å². The van der Waals surface area contributed by atoms with E-state index in [1.54, 1.807) is 0 Å². The zero-order chi connectivity index (χ0) is 13.4. The molecule has 1 aliphatic carbocycles. The van der Waals surface area contributed by atoms with Crippen LogP contribution in [0.15, 0.2) is 30.3 Å². The summed E-state index contributed by atoms with van der Waals surface area (Å²) in [4.78, 5) is 26.3. The van der Waals surface area contributed by atoms with Gasteiger partial charge in [0.15, 0.2) is 0 Å². The van der Waals surface area contributed by atoms with Crippen LogP contribution in [0.5, 0.6) is 0 Å². The highest BCUT2D eigenvalue weighted by molar-refractivity contribution is 6.01. The molecule has 2 bridgehead atoms. The van der Waals surface area contributed by atoms with E-state index in [2.05, 4.69) is 0 Å². The smallest absolute Gasteiger partial charge is 0.232 e. The number of rotatable bonds is 3. The topological polar surface area (TPSA) is 63.4 Å². The van der Waals surface area contributed by atoms with E-state index in [4.69, 9.17) is 5.73 Å². The first kappa shape index (κ1) is 12.4. The van der Waals surface area contributed by atoms with E-state index in [1.165, 1.54) is 4.90 Å². The Morgan fingerprint density at radius 3 is 2.21 bits per heavy atom. The van der Waals surface area contributed by atoms with E-state index < -0.39 is 0 Å². The molecule has 1 aliphatic heterocycles. The molecule has 4 nitrogen and oxygen atoms in total. The van der Waals surface area contributed by atoms with Crippen LogP contribution in [0.25, 0.3) is 0 Å². The molecular weight excluding hydrogens is 240 g/mol. The number of imide groups is 1. The highest BCUT2D eigenvalue weighted by Crippen LogP contribution is 2.41. The van der Waals surface area contributed by atoms with Crippen molar-refractivity contribution in [1.29, 1.82) is 0 Å². The molecule has 1 aromatic carbocycles. The van der Waals surface area contributed by atoms with Crippen LogP contribution >= 0.6 is 0 Å². The summed E-state index contributed by atoms with van der Waals surface area (Å²) in [5, 5.41) is 0. The third-order valence-electron chi connectivity index (χ3n) is 4.33. The molecule has 0 aromatic heterocycles. The first-order valence-corrected chi connectivity index (χ1v) is 6.84. The number of amides is 2. The molecule has 19 heavy (non-hydrogen) atoms. The zero-order valence-electron chi connectivity index (χ0n) is 10.8. The van der Waals surface area contributed by atoms with E-state index in [0.717, 1.165) is 24.8 Å². The molecule has 4 heteroatoms. The van der Waals surface area contributed by atoms with Gasteiger partial charge in [-0.15, -0.1) is 0 Å². The number of piperidine rings is 1. The predicted molar refractivity (Wildman–Crippen MR) is 70.9 cm³/mol. The molecule has 3 atom stereocenters. The molecule has 2 aliphatic rings. The van der Waals surface area contributed by atoms with Gasteiger partial charge in [0.05, 0.1) is 6.04 Å². The van der Waals surface area contributed by atoms with E-state index in [9.17, 15) is 9.59 Å². The van der Waals surface area contributed by atoms with Crippen molar-refractivity contribution in [3.05, 3.63) is 35.9 Å². The quantitative estimate of drug-likeness (QED) is 0.835. The minimum absolute atomic E-state index is 0.0282. The van der Waals surface area contributed by atoms with Crippen molar-refractivity contribution in [2.45, 2.75) is 25.3 Å². The molecule has 1 aromatic rings. The van der Waals surface area contributed by atoms with E-state index in [1.807, 2.05) is 30.3 Å². The number of fused-ring (bicyclic) bond motifs is 2. The van der Waals surface area contributed by atoms with Crippen LogP contribution in [0.1, 0.15) is 30.9 Å². The van der Waals surface area contributed by atoms with Gasteiger partial charge < -0.3 is 5.73 Å². The summed E-state index contributed by atoms with van der Waals surface area (Å²) in [5.74, 6) is -0.00275. The molecule has 100 valence electrons. The molecule has 0 radical (unpaired) electrons. The van der Waals surface area contributed by atoms with Crippen molar-refractivity contribution in [3.8, 4) is 0 Å². The number of likely N-dealkylation sites (tertiary alicyclic amines) is 1. The average molecular weight is 258 g/mol. The number of nitrogens with zero attached hydrogens (tertiary/aromatic N) is 1. The summed E-state index contributed by atoms with van der Waals surface area (Å²) >= 11 is 0. The van der Waals surface area contributed by atoms with Crippen LogP contribution in [-0.2, 0) is 9.59 Å². The lowest BCUT2D eigenvalue weighted by Crippen LogP contribution is -2.49. The summed E-state index contributed by atoms with van der Waals surface area (Å²) in [5.41, 5.74) is 6.76. The van der Waals surface area contributed by atoms with Crippen molar-refractivity contribution >= 4 is 11.8 Å². The van der Waals surface area contributed by atoms with Crippen LogP contribution in [0, 0.1) is 11.8 Å². The van der Waals surface area contributed by atoms with Gasteiger partial charge in [0.2, 0.25) is 11.8 Å². The van der Waals surface area contributed by atoms with Gasteiger partial charge in [0.25, 0.3) is 0 Å². The monoisotopic (exact) mass is 258 g/mol. The van der Waals surface area contributed by atoms with Crippen LogP contribution in [0.2, 0.25) is 0 Å². The highest BCUT2D eigenvalue weighted by Gasteiger charge is 2.47. The third-order valence-corrected chi connectivity index (χ3v) is 4.33. The highest BCUT2D eigenvalue weighted by atomic mass is 16.2. The van der Waals surface area contributed by atoms with Gasteiger partial charge in [-0.1, -0.05) is 30.3 Å². The number of carbonyl (C=O) groups is 2. The standard InChI is InChI=1S/C15H18N2O2/c16-9-13(10-4-2-1-3-5-10)17-14(18)11-6-7-12(8-11)15(17)19/h1-5,11-13H,6-9,16H2. The first-order valence-electron chi connectivity index (χ1n) is 6.84. The second-order valence-corrected chi connectivity index (χ2v) is 5.42. The fourth-order valence-electron chi connectivity index (χ4n) is 3.31. The maximum absolute atomic E-state index is 12.4. The summed E-state index contributed by atoms with van der Waals surface area (Å²) in [6.07, 6.45) is 2.43. The van der Waals surface area contributed by atoms with Gasteiger partial charge in [0.1, 0.15) is 0 Å². The molecule has 1 heterocycles. The lowest BCUT2D eigenvalue weighted by molar-refractivity contribution is -0.155. The third kappa shape index (κ3) is 1.96. The fourth-order valence-corrected chi connectivity index (χ4v) is 3.31. The number of hydrogen-bond acceptors (Lipinski definition) is 3. The summed E-state index contributed by atoms with van der Waals surface area (Å²) in [7, 11) is 0. The molecule has 1 saturated carbocycles. The molecule has 3 rings (SSSR count). The van der Waals surface area contributed by atoms with Crippen LogP contribution in [0.4, 0.5) is 0 Å². The Kier molecular flexibility index (Phi) is 3.11. The van der Waals surface area contributed by atoms with Gasteiger partial charge in [-0.05, 0) is 24.8 Å². The summed E-state index contributed by atoms with van der Waals surface area (Å²) in [6, 6.07) is 9.27. The van der Waals surface area contributed by atoms with Crippen LogP contribution < -0.4 is 5.73 Å². The molecule has 3 unspecified atom stereocenters. The molecule has 0 spiro atoms. The molecule has 2 fully saturated rings. The fraction of sp³-hybridized carbons (Fsp3) is 0.467. The minimum atomic E-state index is -0.315. The van der Waals surface area contributed by atoms with E-state index >= 15 is 0 Å². The van der Waals surface area contributed by atoms with Gasteiger partial charge in [-0.2, -0.15) is 0 Å². The van der Waals surface area contributed by atoms with Gasteiger partial charge >= 0.3 is 0 Å². The largest absolute Gasteiger partial charge is 0.328 e. The molecule has 2 N–H and O–H groups in total. The Bertz CT molecular complexity index is 478. The lowest BCUT2D eigenvalue weighted by Gasteiger charge is -2.35. The number of nitrogens with two attached hydrogens (primary N) is 1. The first-order chi connectivity index (χ1) is 9.22. The van der Waals surface area contributed by atoms with Crippen LogP contribution in [0.3, 0.4) is 0 Å². The maximum atomic E-state index is 12.4. The molecule has 1 saturated heterocycles. The van der Waals surface area contributed by atoms with Crippen molar-refractivity contribution in [2.24, 2.45) is 17.6 Å². The Morgan fingerprint density at radius 1 is 1.11 bits per heavy atom. The summed E-state index contributed by atoms with van der Waals surface area (Å²) in [6.45, 7) is 0.279. The van der Waals surface area contributed by atoms with E-state index in [0.29, 0.717) is 0 Å². The molecule has 2 amide bonds. The van der Waals surface area contributed by atoms with Gasteiger partial charge in [-0.25, -0.2) is 0 Å². The SMILES string of the molecule is NCC(c1ccccc1)N1C(=O)C2CCC(C2)C1=O. The van der Waals surface area contributed by atoms with E-state index in [-0.39, 0.29) is 36.2 Å². The maximum Gasteiger partial charge on any atom is 0.232 e. The van der Waals surface area contributed by atoms with Crippen molar-refractivity contribution in [2.75, 3.05) is 6.54 Å². The average Bonchev–Trinajstić information content (AvgIpc) is 2.89. The predicted octanol–water partition coefficient (Wildman–Crippen LogP) is 1.47. The zero-order valence-corrected chi connectivity index (χ0v) is 10.8. The van der Waals surface area contributed by atoms with Gasteiger partial charge in [-0.3, -0.25) is 14.5 Å². The Morgan fingerprint density at radius 2 is 1.68 bits per heavy atom. The second-order valence-electron chi connectivity index (χ2n) is 5.42. The normalized spacial score (nSPS) is 27.7. The van der Waals surface area contributed by atoms with Crippen molar-refractivity contribution < 1.29 is 9.59 Å². The van der Waals surface area contributed by atoms with Crippen LogP contribution in [-0.4, -0.2) is 23.3 Å². The number of benzene rings is 1. The van der Waals surface area contributed by atoms with Crippen molar-refractivity contribution in [1.82, 2.24) is 4.90 Å². The number of carbonyl (C=O) groups excluding carboxylic acids is 2. The minimum Gasteiger partial charge on any atom is -0.328 e. The molecular formula is C15H18N2O2.